The number of aliphatic hydroxyl groups excluding tert-OH is 1. The maximum Gasteiger partial charge on any atom is 0.410 e. The van der Waals surface area contributed by atoms with Crippen LogP contribution in [0.2, 0.25) is 0 Å². The first-order valence-corrected chi connectivity index (χ1v) is 8.25. The predicted molar refractivity (Wildman–Crippen MR) is 99.6 cm³/mol. The van der Waals surface area contributed by atoms with Crippen molar-refractivity contribution in [1.82, 2.24) is 10.6 Å². The van der Waals surface area contributed by atoms with Gasteiger partial charge in [-0.3, -0.25) is 5.32 Å². The van der Waals surface area contributed by atoms with Crippen LogP contribution in [-0.2, 0) is 11.2 Å². The van der Waals surface area contributed by atoms with E-state index in [1.165, 1.54) is 13.3 Å². The fourth-order valence-corrected chi connectivity index (χ4v) is 2.04. The van der Waals surface area contributed by atoms with E-state index >= 15 is 0 Å². The molecule has 3 N–H and O–H groups in total. The molecule has 1 unspecified atom stereocenters. The number of ether oxygens (including phenoxy) is 2. The Morgan fingerprint density at radius 3 is 2.80 bits per heavy atom. The van der Waals surface area contributed by atoms with Crippen molar-refractivity contribution in [1.29, 1.82) is 0 Å². The van der Waals surface area contributed by atoms with Crippen LogP contribution in [0, 0.1) is 0 Å². The highest BCUT2D eigenvalue weighted by Gasteiger charge is 2.09. The first-order valence-electron chi connectivity index (χ1n) is 8.25. The quantitative estimate of drug-likeness (QED) is 0.566. The number of alkyl carbamates (subject to hydrolysis) is 1. The van der Waals surface area contributed by atoms with Gasteiger partial charge < -0.3 is 19.9 Å². The number of hydrogen-bond acceptors (Lipinski definition) is 5. The summed E-state index contributed by atoms with van der Waals surface area (Å²) < 4.78 is 10.2. The van der Waals surface area contributed by atoms with Gasteiger partial charge in [-0.15, -0.1) is 6.58 Å². The second-order valence-corrected chi connectivity index (χ2v) is 5.86. The van der Waals surface area contributed by atoms with E-state index < -0.39 is 12.2 Å². The predicted octanol–water partition coefficient (Wildman–Crippen LogP) is 2.48. The fourth-order valence-electron chi connectivity index (χ4n) is 2.04. The molecule has 0 heterocycles. The van der Waals surface area contributed by atoms with E-state index in [9.17, 15) is 9.90 Å². The van der Waals surface area contributed by atoms with Gasteiger partial charge in [0.1, 0.15) is 18.5 Å². The second-order valence-electron chi connectivity index (χ2n) is 5.86. The zero-order valence-electron chi connectivity index (χ0n) is 15.1. The maximum atomic E-state index is 11.0. The van der Waals surface area contributed by atoms with Crippen LogP contribution < -0.4 is 15.4 Å². The molecule has 1 amide bonds. The number of rotatable bonds is 10. The summed E-state index contributed by atoms with van der Waals surface area (Å²) in [7, 11) is 1.31. The van der Waals surface area contributed by atoms with Gasteiger partial charge in [0.2, 0.25) is 0 Å². The highest BCUT2D eigenvalue weighted by Crippen LogP contribution is 2.22. The number of nitrogens with one attached hydrogen (secondary N) is 2. The molecule has 0 radical (unpaired) electrons. The van der Waals surface area contributed by atoms with Gasteiger partial charge in [-0.05, 0) is 35.8 Å². The van der Waals surface area contributed by atoms with Crippen LogP contribution in [0.1, 0.15) is 25.0 Å². The van der Waals surface area contributed by atoms with Gasteiger partial charge in [0.25, 0.3) is 0 Å². The number of aliphatic hydroxyl groups is 1. The number of carbonyl (C=O) groups excluding carboxylic acids is 1. The van der Waals surface area contributed by atoms with Crippen LogP contribution in [-0.4, -0.2) is 43.6 Å². The third-order valence-corrected chi connectivity index (χ3v) is 3.30. The van der Waals surface area contributed by atoms with E-state index in [2.05, 4.69) is 21.9 Å². The number of benzene rings is 1. The highest BCUT2D eigenvalue weighted by atomic mass is 16.5. The van der Waals surface area contributed by atoms with Gasteiger partial charge in [-0.25, -0.2) is 4.79 Å². The molecule has 1 atom stereocenters. The number of hydrogen-bond donors (Lipinski definition) is 3. The molecule has 0 aliphatic rings. The van der Waals surface area contributed by atoms with Crippen LogP contribution in [0.4, 0.5) is 4.79 Å². The summed E-state index contributed by atoms with van der Waals surface area (Å²) in [5, 5.41) is 15.6. The van der Waals surface area contributed by atoms with Crippen LogP contribution >= 0.6 is 0 Å². The molecule has 0 spiro atoms. The van der Waals surface area contributed by atoms with Gasteiger partial charge in [0.05, 0.1) is 7.11 Å². The molecule has 6 heteroatoms. The molecule has 0 saturated heterocycles. The second kappa shape index (κ2) is 11.3. The first kappa shape index (κ1) is 20.7. The largest absolute Gasteiger partial charge is 0.491 e. The van der Waals surface area contributed by atoms with Crippen molar-refractivity contribution in [3.05, 3.63) is 48.2 Å². The molecule has 0 aliphatic heterocycles. The van der Waals surface area contributed by atoms with Crippen molar-refractivity contribution < 1.29 is 19.4 Å². The van der Waals surface area contributed by atoms with Gasteiger partial charge in [-0.2, -0.15) is 0 Å². The molecule has 25 heavy (non-hydrogen) atoms. The Bertz CT molecular complexity index is 585. The number of carbonyl (C=O) groups is 1. The highest BCUT2D eigenvalue weighted by molar-refractivity contribution is 5.69. The summed E-state index contributed by atoms with van der Waals surface area (Å²) in [5.74, 6) is 0.710. The summed E-state index contributed by atoms with van der Waals surface area (Å²) in [5.41, 5.74) is 1.86. The number of amides is 1. The van der Waals surface area contributed by atoms with Gasteiger partial charge in [0, 0.05) is 18.8 Å². The minimum absolute atomic E-state index is 0.211. The zero-order valence-corrected chi connectivity index (χ0v) is 15.1. The Hall–Kier alpha value is -2.31. The van der Waals surface area contributed by atoms with E-state index in [0.717, 1.165) is 11.1 Å². The standard InChI is InChI=1S/C19H28N2O4/c1-5-6-16-11-15(9-10-20-19(23)24-4)7-8-18(16)25-13-17(22)12-21-14(2)3/h5,7-11,14,17,21-22H,1,6,12-13H2,2-4H3,(H,20,23)/b10-9+. The van der Waals surface area contributed by atoms with E-state index in [1.807, 2.05) is 32.0 Å². The number of methoxy groups -OCH3 is 1. The number of allylic oxidation sites excluding steroid dienone is 1. The zero-order chi connectivity index (χ0) is 18.7. The lowest BCUT2D eigenvalue weighted by Crippen LogP contribution is -2.35. The molecule has 0 fully saturated rings. The molecule has 0 aliphatic carbocycles. The summed E-state index contributed by atoms with van der Waals surface area (Å²) >= 11 is 0. The molecule has 6 nitrogen and oxygen atoms in total. The van der Waals surface area contributed by atoms with E-state index in [0.29, 0.717) is 24.8 Å². The Morgan fingerprint density at radius 2 is 2.16 bits per heavy atom. The van der Waals surface area contributed by atoms with Gasteiger partial charge >= 0.3 is 6.09 Å². The smallest absolute Gasteiger partial charge is 0.410 e. The summed E-state index contributed by atoms with van der Waals surface area (Å²) in [6, 6.07) is 5.98. The lowest BCUT2D eigenvalue weighted by atomic mass is 10.1. The molecule has 1 aromatic rings. The average Bonchev–Trinajstić information content (AvgIpc) is 2.59. The summed E-state index contributed by atoms with van der Waals surface area (Å²) in [6.07, 6.45) is 4.60. The van der Waals surface area contributed by atoms with Crippen molar-refractivity contribution in [2.24, 2.45) is 0 Å². The Labute approximate surface area is 149 Å². The molecular formula is C19H28N2O4. The molecule has 138 valence electrons. The minimum Gasteiger partial charge on any atom is -0.491 e. The van der Waals surface area contributed by atoms with Crippen LogP contribution in [0.25, 0.3) is 6.08 Å². The van der Waals surface area contributed by atoms with Gasteiger partial charge in [0.15, 0.2) is 0 Å². The van der Waals surface area contributed by atoms with Crippen LogP contribution in [0.3, 0.4) is 0 Å². The minimum atomic E-state index is -0.581. The Morgan fingerprint density at radius 1 is 1.40 bits per heavy atom. The SMILES string of the molecule is C=CCc1cc(/C=C/NC(=O)OC)ccc1OCC(O)CNC(C)C. The lowest BCUT2D eigenvalue weighted by Gasteiger charge is -2.17. The average molecular weight is 348 g/mol. The monoisotopic (exact) mass is 348 g/mol. The van der Waals surface area contributed by atoms with Gasteiger partial charge in [-0.1, -0.05) is 26.0 Å². The van der Waals surface area contributed by atoms with E-state index in [4.69, 9.17) is 4.74 Å². The normalized spacial score (nSPS) is 12.2. The first-order chi connectivity index (χ1) is 12.0. The van der Waals surface area contributed by atoms with Crippen molar-refractivity contribution in [2.45, 2.75) is 32.4 Å². The fraction of sp³-hybridized carbons (Fsp3) is 0.421. The van der Waals surface area contributed by atoms with Crippen LogP contribution in [0.5, 0.6) is 5.75 Å². The molecule has 1 rings (SSSR count). The third kappa shape index (κ3) is 8.37. The lowest BCUT2D eigenvalue weighted by molar-refractivity contribution is 0.104. The molecule has 0 saturated carbocycles. The van der Waals surface area contributed by atoms with Crippen molar-refractivity contribution >= 4 is 12.2 Å². The molecule has 0 aromatic heterocycles. The van der Waals surface area contributed by atoms with Crippen molar-refractivity contribution in [3.63, 3.8) is 0 Å². The Balaban J connectivity index is 2.70. The molecule has 1 aromatic carbocycles. The topological polar surface area (TPSA) is 79.8 Å². The van der Waals surface area contributed by atoms with E-state index in [1.54, 1.807) is 12.2 Å². The third-order valence-electron chi connectivity index (χ3n) is 3.30. The van der Waals surface area contributed by atoms with Crippen molar-refractivity contribution in [2.75, 3.05) is 20.3 Å². The van der Waals surface area contributed by atoms with Crippen LogP contribution in [0.15, 0.2) is 37.1 Å². The van der Waals surface area contributed by atoms with E-state index in [-0.39, 0.29) is 6.61 Å². The summed E-state index contributed by atoms with van der Waals surface area (Å²) in [6.45, 7) is 8.50. The summed E-state index contributed by atoms with van der Waals surface area (Å²) in [4.78, 5) is 11.0. The van der Waals surface area contributed by atoms with Crippen molar-refractivity contribution in [3.8, 4) is 5.75 Å². The molecular weight excluding hydrogens is 320 g/mol. The molecule has 0 bridgehead atoms. The maximum absolute atomic E-state index is 11.0. The Kier molecular flexibility index (Phi) is 9.36.